The number of hydrogen-bond acceptors (Lipinski definition) is 3. The molecular weight excluding hydrogens is 322 g/mol. The van der Waals surface area contributed by atoms with Gasteiger partial charge in [-0.1, -0.05) is 55.4 Å². The van der Waals surface area contributed by atoms with E-state index in [4.69, 9.17) is 4.74 Å². The highest BCUT2D eigenvalue weighted by Gasteiger charge is 2.60. The zero-order chi connectivity index (χ0) is 21.1. The quantitative estimate of drug-likeness (QED) is 0.456. The third-order valence-corrected chi connectivity index (χ3v) is 7.68. The van der Waals surface area contributed by atoms with E-state index in [1.807, 2.05) is 0 Å². The highest BCUT2D eigenvalue weighted by molar-refractivity contribution is 5.78. The van der Waals surface area contributed by atoms with Gasteiger partial charge in [-0.15, -0.1) is 0 Å². The summed E-state index contributed by atoms with van der Waals surface area (Å²) in [5.74, 6) is -0.0586. The molecule has 0 aliphatic heterocycles. The molecule has 0 aromatic carbocycles. The first-order valence-electron chi connectivity index (χ1n) is 10.4. The maximum Gasteiger partial charge on any atom is 0.312 e. The number of hydrogen-bond donors (Lipinski definition) is 0. The molecule has 156 valence electrons. The van der Waals surface area contributed by atoms with Gasteiger partial charge >= 0.3 is 5.97 Å². The first-order chi connectivity index (χ1) is 11.5. The van der Waals surface area contributed by atoms with Crippen molar-refractivity contribution < 1.29 is 9.53 Å². The van der Waals surface area contributed by atoms with Gasteiger partial charge in [0.2, 0.25) is 0 Å². The Labute approximate surface area is 164 Å². The van der Waals surface area contributed by atoms with Crippen LogP contribution in [0.4, 0.5) is 0 Å². The molecule has 1 atom stereocenters. The molecule has 1 unspecified atom stereocenters. The number of carbonyl (C=O) groups excluding carboxylic acids is 1. The molecule has 0 radical (unpaired) electrons. The average molecular weight is 370 g/mol. The van der Waals surface area contributed by atoms with E-state index in [0.29, 0.717) is 18.7 Å². The van der Waals surface area contributed by atoms with Crippen LogP contribution >= 0.6 is 0 Å². The van der Waals surface area contributed by atoms with Crippen LogP contribution < -0.4 is 0 Å². The van der Waals surface area contributed by atoms with E-state index in [2.05, 4.69) is 94.9 Å². The van der Waals surface area contributed by atoms with Crippen LogP contribution in [-0.2, 0) is 9.53 Å². The Bertz CT molecular complexity index is 449. The third-order valence-electron chi connectivity index (χ3n) is 7.68. The van der Waals surface area contributed by atoms with Gasteiger partial charge in [0.15, 0.2) is 0 Å². The molecule has 0 saturated carbocycles. The molecule has 0 aromatic heterocycles. The smallest absolute Gasteiger partial charge is 0.312 e. The van der Waals surface area contributed by atoms with E-state index in [1.54, 1.807) is 0 Å². The van der Waals surface area contributed by atoms with E-state index >= 15 is 0 Å². The van der Waals surface area contributed by atoms with Crippen molar-refractivity contribution in [2.45, 2.75) is 109 Å². The maximum atomic E-state index is 13.4. The molecule has 0 rings (SSSR count). The summed E-state index contributed by atoms with van der Waals surface area (Å²) in [6, 6.07) is 0.886. The fourth-order valence-electron chi connectivity index (χ4n) is 3.98. The van der Waals surface area contributed by atoms with Crippen LogP contribution in [0.2, 0.25) is 0 Å². The lowest BCUT2D eigenvalue weighted by Gasteiger charge is -2.57. The Morgan fingerprint density at radius 1 is 0.885 bits per heavy atom. The first kappa shape index (κ1) is 25.4. The monoisotopic (exact) mass is 369 g/mol. The highest BCUT2D eigenvalue weighted by atomic mass is 16.5. The van der Waals surface area contributed by atoms with E-state index < -0.39 is 5.41 Å². The van der Waals surface area contributed by atoms with Gasteiger partial charge in [-0.2, -0.15) is 0 Å². The fourth-order valence-corrected chi connectivity index (χ4v) is 3.98. The van der Waals surface area contributed by atoms with Gasteiger partial charge < -0.3 is 4.74 Å². The molecule has 26 heavy (non-hydrogen) atoms. The summed E-state index contributed by atoms with van der Waals surface area (Å²) in [4.78, 5) is 15.8. The van der Waals surface area contributed by atoms with E-state index in [0.717, 1.165) is 13.0 Å². The molecule has 0 aliphatic carbocycles. The van der Waals surface area contributed by atoms with Gasteiger partial charge in [-0.05, 0) is 57.3 Å². The minimum Gasteiger partial charge on any atom is -0.464 e. The number of esters is 1. The standard InChI is InChI=1S/C23H47NO2/c1-14-21(9,10)23(13,22(11,12)20(6,7)8)19(25)26-16-15-24(17(2)3)18(4)5/h17-18H,14-16H2,1-13H3. The summed E-state index contributed by atoms with van der Waals surface area (Å²) < 4.78 is 5.93. The summed E-state index contributed by atoms with van der Waals surface area (Å²) in [7, 11) is 0. The normalized spacial score (nSPS) is 16.3. The van der Waals surface area contributed by atoms with Crippen LogP contribution in [0.1, 0.15) is 96.4 Å². The van der Waals surface area contributed by atoms with Crippen molar-refractivity contribution in [1.29, 1.82) is 0 Å². The number of nitrogens with zero attached hydrogens (tertiary/aromatic N) is 1. The van der Waals surface area contributed by atoms with Gasteiger partial charge in [0.1, 0.15) is 6.61 Å². The summed E-state index contributed by atoms with van der Waals surface area (Å²) in [6.07, 6.45) is 0.933. The maximum absolute atomic E-state index is 13.4. The molecule has 0 aromatic rings. The molecule has 3 nitrogen and oxygen atoms in total. The molecule has 0 amide bonds. The SMILES string of the molecule is CCC(C)(C)C(C)(C(=O)OCCN(C(C)C)C(C)C)C(C)(C)C(C)(C)C. The second-order valence-corrected chi connectivity index (χ2v) is 10.8. The molecule has 0 spiro atoms. The van der Waals surface area contributed by atoms with Gasteiger partial charge in [-0.3, -0.25) is 9.69 Å². The topological polar surface area (TPSA) is 29.5 Å². The average Bonchev–Trinajstić information content (AvgIpc) is 2.47. The molecule has 0 fully saturated rings. The van der Waals surface area contributed by atoms with Gasteiger partial charge in [0, 0.05) is 18.6 Å². The van der Waals surface area contributed by atoms with E-state index in [-0.39, 0.29) is 22.2 Å². The number of carbonyl (C=O) groups is 1. The summed E-state index contributed by atoms with van der Waals surface area (Å²) in [5, 5.41) is 0. The second-order valence-electron chi connectivity index (χ2n) is 10.8. The Morgan fingerprint density at radius 3 is 1.62 bits per heavy atom. The van der Waals surface area contributed by atoms with Crippen LogP contribution in [-0.4, -0.2) is 36.1 Å². The zero-order valence-corrected chi connectivity index (χ0v) is 20.0. The van der Waals surface area contributed by atoms with Crippen LogP contribution in [0.5, 0.6) is 0 Å². The summed E-state index contributed by atoms with van der Waals surface area (Å²) >= 11 is 0. The first-order valence-corrected chi connectivity index (χ1v) is 10.4. The minimum absolute atomic E-state index is 0.0187. The summed E-state index contributed by atoms with van der Waals surface area (Å²) in [6.45, 7) is 29.8. The zero-order valence-electron chi connectivity index (χ0n) is 20.0. The molecule has 0 N–H and O–H groups in total. The Hall–Kier alpha value is -0.570. The summed E-state index contributed by atoms with van der Waals surface area (Å²) in [5.41, 5.74) is -0.967. The van der Waals surface area contributed by atoms with Crippen molar-refractivity contribution in [3.05, 3.63) is 0 Å². The van der Waals surface area contributed by atoms with Crippen LogP contribution in [0, 0.1) is 21.7 Å². The fraction of sp³-hybridized carbons (Fsp3) is 0.957. The molecule has 0 aliphatic rings. The van der Waals surface area contributed by atoms with Crippen molar-refractivity contribution in [1.82, 2.24) is 4.90 Å². The van der Waals surface area contributed by atoms with Crippen molar-refractivity contribution in [2.75, 3.05) is 13.2 Å². The molecule has 0 saturated heterocycles. The Morgan fingerprint density at radius 2 is 1.31 bits per heavy atom. The van der Waals surface area contributed by atoms with Crippen molar-refractivity contribution in [2.24, 2.45) is 21.7 Å². The Kier molecular flexibility index (Phi) is 8.44. The van der Waals surface area contributed by atoms with Crippen LogP contribution in [0.15, 0.2) is 0 Å². The lowest BCUT2D eigenvalue weighted by molar-refractivity contribution is -0.186. The van der Waals surface area contributed by atoms with Gasteiger partial charge in [0.05, 0.1) is 5.41 Å². The number of rotatable bonds is 9. The lowest BCUT2D eigenvalue weighted by atomic mass is 9.46. The van der Waals surface area contributed by atoms with Crippen molar-refractivity contribution in [3.8, 4) is 0 Å². The highest BCUT2D eigenvalue weighted by Crippen LogP contribution is 2.60. The predicted molar refractivity (Wildman–Crippen MR) is 113 cm³/mol. The lowest BCUT2D eigenvalue weighted by Crippen LogP contribution is -2.57. The van der Waals surface area contributed by atoms with Crippen molar-refractivity contribution in [3.63, 3.8) is 0 Å². The minimum atomic E-state index is -0.576. The van der Waals surface area contributed by atoms with Gasteiger partial charge in [-0.25, -0.2) is 0 Å². The Balaban J connectivity index is 5.60. The second kappa shape index (κ2) is 8.63. The predicted octanol–water partition coefficient (Wildman–Crippen LogP) is 6.16. The molecule has 3 heteroatoms. The van der Waals surface area contributed by atoms with Gasteiger partial charge in [0.25, 0.3) is 0 Å². The third kappa shape index (κ3) is 4.82. The van der Waals surface area contributed by atoms with Crippen LogP contribution in [0.3, 0.4) is 0 Å². The molecular formula is C23H47NO2. The molecule has 0 bridgehead atoms. The van der Waals surface area contributed by atoms with Crippen molar-refractivity contribution >= 4 is 5.97 Å². The largest absolute Gasteiger partial charge is 0.464 e. The van der Waals surface area contributed by atoms with E-state index in [1.165, 1.54) is 0 Å². The van der Waals surface area contributed by atoms with Crippen LogP contribution in [0.25, 0.3) is 0 Å². The molecule has 0 heterocycles. The van der Waals surface area contributed by atoms with E-state index in [9.17, 15) is 4.79 Å². The number of ether oxygens (including phenoxy) is 1.